The van der Waals surface area contributed by atoms with Gasteiger partial charge in [0.25, 0.3) is 8.32 Å². The molecule has 93 heavy (non-hydrogen) atoms. The number of carbonyl (C=O) groups is 4. The Morgan fingerprint density at radius 2 is 0.796 bits per heavy atom. The van der Waals surface area contributed by atoms with Crippen LogP contribution in [0.4, 0.5) is 0 Å². The summed E-state index contributed by atoms with van der Waals surface area (Å²) in [6, 6.07) is 58.8. The van der Waals surface area contributed by atoms with Crippen LogP contribution >= 0.6 is 0 Å². The van der Waals surface area contributed by atoms with E-state index in [4.69, 9.17) is 70.7 Å². The van der Waals surface area contributed by atoms with Crippen molar-refractivity contribution in [3.63, 3.8) is 0 Å². The molecule has 0 N–H and O–H groups in total. The molecular weight excluding hydrogens is 1210 g/mol. The summed E-state index contributed by atoms with van der Waals surface area (Å²) in [7, 11) is -3.47. The third-order valence-electron chi connectivity index (χ3n) is 16.2. The van der Waals surface area contributed by atoms with E-state index >= 15 is 0 Å². The van der Waals surface area contributed by atoms with Crippen LogP contribution < -0.4 is 10.4 Å². The van der Waals surface area contributed by atoms with Crippen LogP contribution in [0.3, 0.4) is 0 Å². The first kappa shape index (κ1) is 70.0. The lowest BCUT2D eigenvalue weighted by molar-refractivity contribution is -0.393. The molecule has 6 aromatic carbocycles. The van der Waals surface area contributed by atoms with Gasteiger partial charge in [-0.15, -0.1) is 6.58 Å². The average molecular weight is 1300 g/mol. The molecule has 20 heteroatoms. The Morgan fingerprint density at radius 3 is 1.24 bits per heavy atom. The fourth-order valence-electron chi connectivity index (χ4n) is 12.1. The molecule has 3 aliphatic rings. The van der Waals surface area contributed by atoms with Gasteiger partial charge in [-0.2, -0.15) is 0 Å². The van der Waals surface area contributed by atoms with E-state index in [2.05, 4.69) is 51.6 Å². The van der Waals surface area contributed by atoms with Gasteiger partial charge in [0.2, 0.25) is 0 Å². The molecule has 9 rings (SSSR count). The number of ether oxygens (including phenoxy) is 14. The van der Waals surface area contributed by atoms with Crippen LogP contribution in [0.25, 0.3) is 0 Å². The highest BCUT2D eigenvalue weighted by molar-refractivity contribution is 6.99. The molecule has 0 unspecified atom stereocenters. The van der Waals surface area contributed by atoms with E-state index in [9.17, 15) is 19.2 Å². The van der Waals surface area contributed by atoms with Crippen LogP contribution in [0.15, 0.2) is 195 Å². The van der Waals surface area contributed by atoms with Crippen LogP contribution in [0, 0.1) is 0 Å². The van der Waals surface area contributed by atoms with E-state index in [1.165, 1.54) is 6.92 Å². The molecule has 0 bridgehead atoms. The van der Waals surface area contributed by atoms with Gasteiger partial charge >= 0.3 is 23.9 Å². The fourth-order valence-corrected chi connectivity index (χ4v) is 16.7. The summed E-state index contributed by atoms with van der Waals surface area (Å²) in [6.07, 6.45) is -17.9. The first-order chi connectivity index (χ1) is 44.9. The van der Waals surface area contributed by atoms with E-state index in [-0.39, 0.29) is 39.6 Å². The second kappa shape index (κ2) is 33.7. The molecule has 0 aromatic heterocycles. The van der Waals surface area contributed by atoms with E-state index in [1.54, 1.807) is 6.08 Å². The van der Waals surface area contributed by atoms with Gasteiger partial charge in [-0.1, -0.05) is 209 Å². The predicted octanol–water partition coefficient (Wildman–Crippen LogP) is 9.43. The second-order valence-corrected chi connectivity index (χ2v) is 28.5. The van der Waals surface area contributed by atoms with Gasteiger partial charge < -0.3 is 70.7 Å². The molecule has 0 aliphatic carbocycles. The largest absolute Gasteiger partial charge is 0.463 e. The van der Waals surface area contributed by atoms with E-state index in [1.807, 2.05) is 165 Å². The minimum absolute atomic E-state index is 0.00818. The molecule has 6 aromatic rings. The molecule has 19 nitrogen and oxygen atoms in total. The summed E-state index contributed by atoms with van der Waals surface area (Å²) in [5, 5.41) is 1.36. The number of carbonyl (C=O) groups excluding carboxylic acids is 4. The van der Waals surface area contributed by atoms with Gasteiger partial charge in [0.15, 0.2) is 37.2 Å². The number of esters is 4. The summed E-state index contributed by atoms with van der Waals surface area (Å²) in [6.45, 7) is 16.6. The van der Waals surface area contributed by atoms with Crippen LogP contribution in [-0.2, 0) is 116 Å². The molecule has 3 aliphatic heterocycles. The fraction of sp³-hybridized carbons (Fsp3) is 0.425. The zero-order valence-corrected chi connectivity index (χ0v) is 55.0. The molecule has 15 atom stereocenters. The Balaban J connectivity index is 1.25. The van der Waals surface area contributed by atoms with Crippen LogP contribution in [0.5, 0.6) is 0 Å². The lowest BCUT2D eigenvalue weighted by atomic mass is 9.95. The molecule has 0 saturated carbocycles. The number of rotatable bonds is 29. The molecule has 3 saturated heterocycles. The molecule has 0 radical (unpaired) electrons. The number of hydrogen-bond donors (Lipinski definition) is 0. The van der Waals surface area contributed by atoms with Crippen LogP contribution in [0.1, 0.15) is 77.6 Å². The zero-order valence-electron chi connectivity index (χ0n) is 54.0. The third kappa shape index (κ3) is 18.6. The van der Waals surface area contributed by atoms with Crippen molar-refractivity contribution in [1.82, 2.24) is 0 Å². The van der Waals surface area contributed by atoms with Crippen molar-refractivity contribution in [3.05, 3.63) is 217 Å². The maximum Gasteiger partial charge on any atom is 0.303 e. The van der Waals surface area contributed by atoms with Gasteiger partial charge in [-0.05, 0) is 44.6 Å². The first-order valence-corrected chi connectivity index (χ1v) is 33.3. The maximum atomic E-state index is 13.5. The van der Waals surface area contributed by atoms with Crippen LogP contribution in [-0.4, -0.2) is 144 Å². The molecule has 0 amide bonds. The number of hydrogen-bond acceptors (Lipinski definition) is 19. The van der Waals surface area contributed by atoms with Crippen molar-refractivity contribution < 1.29 is 89.9 Å². The minimum Gasteiger partial charge on any atom is -0.463 e. The topological polar surface area (TPSA) is 207 Å². The summed E-state index contributed by atoms with van der Waals surface area (Å²) in [5.74, 6) is -3.19. The van der Waals surface area contributed by atoms with Gasteiger partial charge in [0, 0.05) is 27.7 Å². The predicted molar refractivity (Wildman–Crippen MR) is 344 cm³/mol. The van der Waals surface area contributed by atoms with Gasteiger partial charge in [-0.3, -0.25) is 19.2 Å². The van der Waals surface area contributed by atoms with Crippen molar-refractivity contribution in [3.8, 4) is 0 Å². The van der Waals surface area contributed by atoms with Crippen molar-refractivity contribution in [2.75, 3.05) is 19.8 Å². The molecule has 0 spiro atoms. The summed E-state index contributed by atoms with van der Waals surface area (Å²) >= 11 is 0. The van der Waals surface area contributed by atoms with Crippen LogP contribution in [0.2, 0.25) is 5.04 Å². The van der Waals surface area contributed by atoms with Crippen molar-refractivity contribution in [1.29, 1.82) is 0 Å². The third-order valence-corrected chi connectivity index (χ3v) is 21.3. The van der Waals surface area contributed by atoms with Crippen molar-refractivity contribution >= 4 is 42.6 Å². The standard InChI is InChI=1S/C73H86O19Si/c1-10-41-78-70-68(83-45-56-35-23-14-24-36-56)65(92-71-67(82-44-55-33-21-13-22-34-55)64(81-43-54-31-19-12-20-32-54)61(48(2)85-71)80-42-53-29-17-11-18-30-53)63(60(89-70)47-84-93(73(7,8)9,57-37-25-15-26-38-57)58-39-27-16-28-40-58)91-72-69(88-52(6)77)66(87-51(5)76)62(86-50(4)75)59(90-72)46-79-49(3)74/h10-40,48,59-72H,1,41-47H2,2-9H3/t48-,59+,60+,61+,62-,63+,64+,65-,66-,67-,68+,69+,70+,71-,72-/m0/s1. The second-order valence-electron chi connectivity index (χ2n) is 24.2. The summed E-state index contributed by atoms with van der Waals surface area (Å²) < 4.78 is 102. The zero-order chi connectivity index (χ0) is 65.9. The highest BCUT2D eigenvalue weighted by atomic mass is 28.4. The Kier molecular flexibility index (Phi) is 25.4. The quantitative estimate of drug-likeness (QED) is 0.0185. The van der Waals surface area contributed by atoms with E-state index in [0.29, 0.717) is 0 Å². The molecule has 3 fully saturated rings. The molecule has 3 heterocycles. The Morgan fingerprint density at radius 1 is 0.419 bits per heavy atom. The highest BCUT2D eigenvalue weighted by Gasteiger charge is 2.60. The lowest BCUT2D eigenvalue weighted by Gasteiger charge is -2.52. The van der Waals surface area contributed by atoms with Gasteiger partial charge in [-0.25, -0.2) is 0 Å². The normalized spacial score (nSPS) is 26.5. The Labute approximate surface area is 545 Å². The SMILES string of the molecule is C=CCO[C@@H]1O[C@H](CO[Si](c2ccccc2)(c2ccccc2)C(C)(C)C)[C@@H](O[C@@H]2O[C@H](COC(C)=O)[C@H](OC(C)=O)[C@H](OC(C)=O)[C@H]2OC(C)=O)[C@H](O[C@@H]2O[C@@H](C)[C@@H](OCc3ccccc3)[C@@H](OCc3ccccc3)[C@@H]2OCc2ccccc2)[C@H]1OCc1ccccc1. The first-order valence-electron chi connectivity index (χ1n) is 31.4. The van der Waals surface area contributed by atoms with Gasteiger partial charge in [0.05, 0.1) is 45.7 Å². The van der Waals surface area contributed by atoms with Gasteiger partial charge in [0.1, 0.15) is 55.4 Å². The summed E-state index contributed by atoms with van der Waals surface area (Å²) in [4.78, 5) is 52.5. The molecular formula is C73H86O19Si. The Bertz CT molecular complexity index is 3230. The highest BCUT2D eigenvalue weighted by Crippen LogP contribution is 2.42. The van der Waals surface area contributed by atoms with E-state index < -0.39 is 136 Å². The minimum atomic E-state index is -3.47. The maximum absolute atomic E-state index is 13.5. The Hall–Kier alpha value is -7.28. The average Bonchev–Trinajstić information content (AvgIpc) is 0.774. The summed E-state index contributed by atoms with van der Waals surface area (Å²) in [5.41, 5.74) is 3.44. The number of benzene rings is 6. The van der Waals surface area contributed by atoms with E-state index in [0.717, 1.165) is 53.4 Å². The lowest BCUT2D eigenvalue weighted by Crippen LogP contribution is -2.70. The smallest absolute Gasteiger partial charge is 0.303 e. The molecule has 496 valence electrons. The van der Waals surface area contributed by atoms with Crippen molar-refractivity contribution in [2.45, 2.75) is 179 Å². The van der Waals surface area contributed by atoms with Crippen molar-refractivity contribution in [2.24, 2.45) is 0 Å². The monoisotopic (exact) mass is 1290 g/mol.